The minimum absolute atomic E-state index is 0.253. The van der Waals surface area contributed by atoms with Gasteiger partial charge in [-0.3, -0.25) is 14.5 Å². The number of hydrogen-bond donors (Lipinski definition) is 1. The molecule has 0 aromatic carbocycles. The Morgan fingerprint density at radius 3 is 2.58 bits per heavy atom. The van der Waals surface area contributed by atoms with Gasteiger partial charge in [-0.1, -0.05) is 13.3 Å². The summed E-state index contributed by atoms with van der Waals surface area (Å²) in [5.41, 5.74) is 0.938. The van der Waals surface area contributed by atoms with Crippen LogP contribution in [0.4, 0.5) is 5.95 Å². The largest absolute Gasteiger partial charge is 0.365 e. The molecule has 1 aliphatic heterocycles. The van der Waals surface area contributed by atoms with Gasteiger partial charge in [0.2, 0.25) is 12.2 Å². The molecule has 0 spiro atoms. The lowest BCUT2D eigenvalue weighted by atomic mass is 10.1. The van der Waals surface area contributed by atoms with E-state index in [0.29, 0.717) is 24.2 Å². The molecular formula is C13H19N3O3. The maximum atomic E-state index is 12.4. The van der Waals surface area contributed by atoms with E-state index in [9.17, 15) is 14.7 Å². The first-order valence-corrected chi connectivity index (χ1v) is 6.64. The van der Waals surface area contributed by atoms with E-state index >= 15 is 0 Å². The summed E-state index contributed by atoms with van der Waals surface area (Å²) in [7, 11) is 0. The lowest BCUT2D eigenvalue weighted by Gasteiger charge is -2.13. The number of aliphatic hydroxyl groups excluding tert-OH is 1. The number of anilines is 1. The fourth-order valence-corrected chi connectivity index (χ4v) is 2.36. The number of carbonyl (C=O) groups is 1. The van der Waals surface area contributed by atoms with Crippen molar-refractivity contribution in [1.82, 2.24) is 9.55 Å². The maximum absolute atomic E-state index is 12.4. The summed E-state index contributed by atoms with van der Waals surface area (Å²) in [6.07, 6.45) is 1.06. The third-order valence-electron chi connectivity index (χ3n) is 3.47. The molecule has 6 heteroatoms. The summed E-state index contributed by atoms with van der Waals surface area (Å²) in [6, 6.07) is 0. The highest BCUT2D eigenvalue weighted by Gasteiger charge is 2.38. The third-order valence-corrected chi connectivity index (χ3v) is 3.47. The number of fused-ring (bicyclic) bond motifs is 1. The van der Waals surface area contributed by atoms with Crippen molar-refractivity contribution in [2.75, 3.05) is 11.4 Å². The summed E-state index contributed by atoms with van der Waals surface area (Å²) < 4.78 is 1.10. The normalized spacial score (nSPS) is 18.0. The molecule has 1 N–H and O–H groups in total. The second-order valence-electron chi connectivity index (χ2n) is 4.71. The van der Waals surface area contributed by atoms with Gasteiger partial charge in [0.15, 0.2) is 0 Å². The zero-order chi connectivity index (χ0) is 14.2. The van der Waals surface area contributed by atoms with E-state index < -0.39 is 12.1 Å². The van der Waals surface area contributed by atoms with Crippen LogP contribution in [0.3, 0.4) is 0 Å². The number of nitrogens with zero attached hydrogens (tertiary/aromatic N) is 3. The summed E-state index contributed by atoms with van der Waals surface area (Å²) in [6.45, 7) is 5.99. The van der Waals surface area contributed by atoms with Crippen LogP contribution in [0, 0.1) is 6.92 Å². The predicted octanol–water partition coefficient (Wildman–Crippen LogP) is 0.752. The van der Waals surface area contributed by atoms with Crippen molar-refractivity contribution in [2.45, 2.75) is 46.3 Å². The van der Waals surface area contributed by atoms with E-state index in [2.05, 4.69) is 4.98 Å². The number of aryl methyl sites for hydroxylation is 1. The summed E-state index contributed by atoms with van der Waals surface area (Å²) in [5, 5.41) is 9.90. The van der Waals surface area contributed by atoms with Crippen LogP contribution in [-0.4, -0.2) is 27.1 Å². The molecule has 1 atom stereocenters. The zero-order valence-electron chi connectivity index (χ0n) is 11.5. The van der Waals surface area contributed by atoms with Crippen molar-refractivity contribution < 1.29 is 9.90 Å². The van der Waals surface area contributed by atoms with Gasteiger partial charge < -0.3 is 5.11 Å². The van der Waals surface area contributed by atoms with Gasteiger partial charge in [0.1, 0.15) is 0 Å². The Labute approximate surface area is 111 Å². The molecular weight excluding hydrogens is 246 g/mol. The van der Waals surface area contributed by atoms with Crippen LogP contribution in [0.15, 0.2) is 4.79 Å². The molecule has 0 fully saturated rings. The average molecular weight is 265 g/mol. The van der Waals surface area contributed by atoms with Crippen molar-refractivity contribution in [3.8, 4) is 0 Å². The van der Waals surface area contributed by atoms with Crippen LogP contribution in [0.2, 0.25) is 0 Å². The quantitative estimate of drug-likeness (QED) is 0.871. The molecule has 1 aromatic rings. The number of aromatic nitrogens is 2. The molecule has 0 radical (unpaired) electrons. The van der Waals surface area contributed by atoms with Gasteiger partial charge in [-0.05, 0) is 26.7 Å². The average Bonchev–Trinajstić information content (AvgIpc) is 2.61. The summed E-state index contributed by atoms with van der Waals surface area (Å²) >= 11 is 0. The smallest absolute Gasteiger partial charge is 0.279 e. The molecule has 0 aliphatic carbocycles. The summed E-state index contributed by atoms with van der Waals surface area (Å²) in [4.78, 5) is 29.9. The minimum atomic E-state index is -1.43. The molecule has 19 heavy (non-hydrogen) atoms. The molecule has 0 saturated carbocycles. The topological polar surface area (TPSA) is 75.4 Å². The molecule has 104 valence electrons. The molecule has 1 aliphatic rings. The van der Waals surface area contributed by atoms with Gasteiger partial charge >= 0.3 is 0 Å². The highest BCUT2D eigenvalue weighted by atomic mass is 16.3. The SMILES string of the molecule is CCCCc1c(C)nc2n(c1=O)C(O)C(=O)N2CC. The first-order chi connectivity index (χ1) is 9.02. The van der Waals surface area contributed by atoms with Gasteiger partial charge in [0, 0.05) is 17.8 Å². The van der Waals surface area contributed by atoms with Crippen molar-refractivity contribution in [2.24, 2.45) is 0 Å². The number of amides is 1. The fraction of sp³-hybridized carbons (Fsp3) is 0.615. The van der Waals surface area contributed by atoms with Gasteiger partial charge in [0.05, 0.1) is 0 Å². The van der Waals surface area contributed by atoms with Crippen LogP contribution in [0.5, 0.6) is 0 Å². The zero-order valence-corrected chi connectivity index (χ0v) is 11.5. The lowest BCUT2D eigenvalue weighted by Crippen LogP contribution is -2.29. The Bertz CT molecular complexity index is 565. The van der Waals surface area contributed by atoms with Crippen LogP contribution in [-0.2, 0) is 11.2 Å². The van der Waals surface area contributed by atoms with Crippen molar-refractivity contribution >= 4 is 11.9 Å². The number of likely N-dealkylation sites (N-methyl/N-ethyl adjacent to an activating group) is 1. The highest BCUT2D eigenvalue weighted by Crippen LogP contribution is 2.25. The number of hydrogen-bond acceptors (Lipinski definition) is 4. The summed E-state index contributed by atoms with van der Waals surface area (Å²) in [5.74, 6) is -0.234. The molecule has 1 aromatic heterocycles. The van der Waals surface area contributed by atoms with Crippen LogP contribution < -0.4 is 10.5 Å². The van der Waals surface area contributed by atoms with E-state index in [1.54, 1.807) is 13.8 Å². The first kappa shape index (κ1) is 13.7. The van der Waals surface area contributed by atoms with Gasteiger partial charge in [0.25, 0.3) is 11.5 Å². The first-order valence-electron chi connectivity index (χ1n) is 6.64. The van der Waals surface area contributed by atoms with Crippen molar-refractivity contribution in [3.63, 3.8) is 0 Å². The Balaban J connectivity index is 2.58. The van der Waals surface area contributed by atoms with E-state index in [-0.39, 0.29) is 11.5 Å². The number of unbranched alkanes of at least 4 members (excludes halogenated alkanes) is 1. The van der Waals surface area contributed by atoms with E-state index in [4.69, 9.17) is 0 Å². The Morgan fingerprint density at radius 1 is 1.32 bits per heavy atom. The number of carbonyl (C=O) groups excluding carboxylic acids is 1. The number of rotatable bonds is 4. The Morgan fingerprint density at radius 2 is 2.00 bits per heavy atom. The van der Waals surface area contributed by atoms with E-state index in [1.165, 1.54) is 4.90 Å². The molecule has 2 rings (SSSR count). The molecule has 1 amide bonds. The number of aliphatic hydroxyl groups is 1. The van der Waals surface area contributed by atoms with E-state index in [1.807, 2.05) is 6.92 Å². The van der Waals surface area contributed by atoms with Crippen LogP contribution in [0.1, 0.15) is 44.2 Å². The molecule has 0 saturated heterocycles. The van der Waals surface area contributed by atoms with Gasteiger partial charge in [-0.15, -0.1) is 0 Å². The Kier molecular flexibility index (Phi) is 3.71. The molecule has 2 heterocycles. The molecule has 1 unspecified atom stereocenters. The van der Waals surface area contributed by atoms with Crippen LogP contribution in [0.25, 0.3) is 0 Å². The maximum Gasteiger partial charge on any atom is 0.279 e. The van der Waals surface area contributed by atoms with Gasteiger partial charge in [-0.25, -0.2) is 9.55 Å². The lowest BCUT2D eigenvalue weighted by molar-refractivity contribution is -0.128. The second-order valence-corrected chi connectivity index (χ2v) is 4.71. The van der Waals surface area contributed by atoms with Crippen molar-refractivity contribution in [3.05, 3.63) is 21.6 Å². The van der Waals surface area contributed by atoms with Crippen molar-refractivity contribution in [1.29, 1.82) is 0 Å². The molecule has 0 bridgehead atoms. The second kappa shape index (κ2) is 5.13. The minimum Gasteiger partial charge on any atom is -0.365 e. The monoisotopic (exact) mass is 265 g/mol. The predicted molar refractivity (Wildman–Crippen MR) is 71.1 cm³/mol. The molecule has 6 nitrogen and oxygen atoms in total. The standard InChI is InChI=1S/C13H19N3O3/c1-4-6-7-9-8(3)14-13-15(5-2)11(18)12(19)16(13)10(9)17/h12,19H,4-7H2,1-3H3. The fourth-order valence-electron chi connectivity index (χ4n) is 2.36. The Hall–Kier alpha value is -1.69. The van der Waals surface area contributed by atoms with Crippen LogP contribution >= 0.6 is 0 Å². The van der Waals surface area contributed by atoms with Gasteiger partial charge in [-0.2, -0.15) is 0 Å². The highest BCUT2D eigenvalue weighted by molar-refractivity contribution is 5.97. The third kappa shape index (κ3) is 2.06. The van der Waals surface area contributed by atoms with E-state index in [0.717, 1.165) is 17.4 Å².